The van der Waals surface area contributed by atoms with E-state index in [9.17, 15) is 9.59 Å². The molecule has 158 valence electrons. The minimum Gasteiger partial charge on any atom is -0.454 e. The molecule has 1 N–H and O–H groups in total. The number of hydrogen-bond acceptors (Lipinski definition) is 5. The first-order chi connectivity index (χ1) is 14.5. The predicted octanol–water partition coefficient (Wildman–Crippen LogP) is 3.29. The summed E-state index contributed by atoms with van der Waals surface area (Å²) in [6.07, 6.45) is 1.78. The van der Waals surface area contributed by atoms with Gasteiger partial charge in [0.1, 0.15) is 6.54 Å². The first-order valence-corrected chi connectivity index (χ1v) is 10.2. The van der Waals surface area contributed by atoms with E-state index in [2.05, 4.69) is 5.32 Å². The van der Waals surface area contributed by atoms with Crippen LogP contribution in [0.1, 0.15) is 34.3 Å². The molecule has 2 heterocycles. The van der Waals surface area contributed by atoms with Gasteiger partial charge in [0, 0.05) is 24.4 Å². The Morgan fingerprint density at radius 1 is 1.13 bits per heavy atom. The van der Waals surface area contributed by atoms with E-state index in [-0.39, 0.29) is 31.3 Å². The fraction of sp³-hybridized carbons (Fsp3) is 0.391. The summed E-state index contributed by atoms with van der Waals surface area (Å²) in [6, 6.07) is 10.8. The number of fused-ring (bicyclic) bond motifs is 1. The highest BCUT2D eigenvalue weighted by Gasteiger charge is 2.26. The summed E-state index contributed by atoms with van der Waals surface area (Å²) in [7, 11) is 0. The molecule has 1 fully saturated rings. The molecule has 2 aliphatic heterocycles. The fourth-order valence-electron chi connectivity index (χ4n) is 3.72. The second-order valence-electron chi connectivity index (χ2n) is 7.68. The smallest absolute Gasteiger partial charge is 0.254 e. The van der Waals surface area contributed by atoms with E-state index in [1.165, 1.54) is 0 Å². The lowest BCUT2D eigenvalue weighted by atomic mass is 10.1. The summed E-state index contributed by atoms with van der Waals surface area (Å²) < 4.78 is 16.4. The van der Waals surface area contributed by atoms with Gasteiger partial charge in [-0.15, -0.1) is 0 Å². The lowest BCUT2D eigenvalue weighted by Crippen LogP contribution is -2.42. The van der Waals surface area contributed by atoms with Crippen molar-refractivity contribution in [2.75, 3.05) is 31.8 Å². The molecule has 0 saturated carbocycles. The standard InChI is InChI=1S/C23H26N2O5/c1-15-5-3-7-19(16(15)2)24-22(26)13-25(12-18-6-4-10-28-18)23(27)17-8-9-20-21(11-17)30-14-29-20/h3,5,7-9,11,18H,4,6,10,12-14H2,1-2H3,(H,24,26)/t18-/m1/s1. The molecular formula is C23H26N2O5. The largest absolute Gasteiger partial charge is 0.454 e. The second-order valence-corrected chi connectivity index (χ2v) is 7.68. The van der Waals surface area contributed by atoms with Crippen LogP contribution in [-0.2, 0) is 9.53 Å². The minimum absolute atomic E-state index is 0.0550. The lowest BCUT2D eigenvalue weighted by Gasteiger charge is -2.25. The third-order valence-corrected chi connectivity index (χ3v) is 5.57. The van der Waals surface area contributed by atoms with Crippen molar-refractivity contribution < 1.29 is 23.8 Å². The zero-order valence-electron chi connectivity index (χ0n) is 17.3. The molecule has 0 spiro atoms. The number of amides is 2. The normalized spacial score (nSPS) is 17.1. The Morgan fingerprint density at radius 2 is 1.97 bits per heavy atom. The summed E-state index contributed by atoms with van der Waals surface area (Å²) >= 11 is 0. The van der Waals surface area contributed by atoms with E-state index in [0.29, 0.717) is 30.2 Å². The van der Waals surface area contributed by atoms with Crippen molar-refractivity contribution in [3.63, 3.8) is 0 Å². The SMILES string of the molecule is Cc1cccc(NC(=O)CN(C[C@H]2CCCO2)C(=O)c2ccc3c(c2)OCO3)c1C. The number of nitrogens with one attached hydrogen (secondary N) is 1. The van der Waals surface area contributed by atoms with Crippen LogP contribution in [0.25, 0.3) is 0 Å². The molecule has 1 atom stereocenters. The fourth-order valence-corrected chi connectivity index (χ4v) is 3.72. The predicted molar refractivity (Wildman–Crippen MR) is 112 cm³/mol. The van der Waals surface area contributed by atoms with Crippen LogP contribution in [0.15, 0.2) is 36.4 Å². The third kappa shape index (κ3) is 4.41. The second kappa shape index (κ2) is 8.75. The van der Waals surface area contributed by atoms with Crippen LogP contribution >= 0.6 is 0 Å². The number of nitrogens with zero attached hydrogens (tertiary/aromatic N) is 1. The molecule has 0 aliphatic carbocycles. The number of carbonyl (C=O) groups is 2. The molecule has 0 unspecified atom stereocenters. The number of benzene rings is 2. The summed E-state index contributed by atoms with van der Waals surface area (Å²) in [5.41, 5.74) is 3.32. The first kappa shape index (κ1) is 20.2. The maximum atomic E-state index is 13.2. The molecule has 7 heteroatoms. The molecule has 0 bridgehead atoms. The molecule has 0 aromatic heterocycles. The quantitative estimate of drug-likeness (QED) is 0.791. The van der Waals surface area contributed by atoms with Gasteiger partial charge in [0.05, 0.1) is 6.10 Å². The van der Waals surface area contributed by atoms with Crippen molar-refractivity contribution in [3.05, 3.63) is 53.1 Å². The van der Waals surface area contributed by atoms with Gasteiger partial charge in [-0.25, -0.2) is 0 Å². The Morgan fingerprint density at radius 3 is 2.77 bits per heavy atom. The zero-order valence-corrected chi connectivity index (χ0v) is 17.3. The van der Waals surface area contributed by atoms with E-state index in [1.807, 2.05) is 32.0 Å². The molecule has 30 heavy (non-hydrogen) atoms. The van der Waals surface area contributed by atoms with Crippen molar-refractivity contribution in [1.82, 2.24) is 4.90 Å². The van der Waals surface area contributed by atoms with Crippen molar-refractivity contribution in [3.8, 4) is 11.5 Å². The molecule has 2 aliphatic rings. The molecule has 0 radical (unpaired) electrons. The van der Waals surface area contributed by atoms with E-state index < -0.39 is 0 Å². The van der Waals surface area contributed by atoms with Crippen LogP contribution in [0.2, 0.25) is 0 Å². The van der Waals surface area contributed by atoms with Gasteiger partial charge in [0.2, 0.25) is 12.7 Å². The van der Waals surface area contributed by atoms with Crippen LogP contribution in [0.5, 0.6) is 11.5 Å². The summed E-state index contributed by atoms with van der Waals surface area (Å²) in [6.45, 7) is 5.11. The number of hydrogen-bond donors (Lipinski definition) is 1. The number of aryl methyl sites for hydroxylation is 1. The van der Waals surface area contributed by atoms with Crippen molar-refractivity contribution in [1.29, 1.82) is 0 Å². The Balaban J connectivity index is 1.51. The maximum Gasteiger partial charge on any atom is 0.254 e. The first-order valence-electron chi connectivity index (χ1n) is 10.2. The van der Waals surface area contributed by atoms with E-state index >= 15 is 0 Å². The monoisotopic (exact) mass is 410 g/mol. The highest BCUT2D eigenvalue weighted by Crippen LogP contribution is 2.33. The van der Waals surface area contributed by atoms with Crippen molar-refractivity contribution in [2.24, 2.45) is 0 Å². The number of rotatable bonds is 6. The summed E-state index contributed by atoms with van der Waals surface area (Å²) in [5, 5.41) is 2.94. The van der Waals surface area contributed by atoms with Gasteiger partial charge in [-0.1, -0.05) is 12.1 Å². The van der Waals surface area contributed by atoms with E-state index in [1.54, 1.807) is 23.1 Å². The van der Waals surface area contributed by atoms with Gasteiger partial charge in [-0.3, -0.25) is 9.59 Å². The Hall–Kier alpha value is -3.06. The maximum absolute atomic E-state index is 13.2. The van der Waals surface area contributed by atoms with E-state index in [4.69, 9.17) is 14.2 Å². The van der Waals surface area contributed by atoms with Crippen LogP contribution in [0, 0.1) is 13.8 Å². The molecular weight excluding hydrogens is 384 g/mol. The van der Waals surface area contributed by atoms with Gasteiger partial charge in [-0.2, -0.15) is 0 Å². The topological polar surface area (TPSA) is 77.1 Å². The average Bonchev–Trinajstić information content (AvgIpc) is 3.41. The van der Waals surface area contributed by atoms with Gasteiger partial charge >= 0.3 is 0 Å². The van der Waals surface area contributed by atoms with Crippen LogP contribution < -0.4 is 14.8 Å². The molecule has 2 aromatic rings. The number of anilines is 1. The highest BCUT2D eigenvalue weighted by atomic mass is 16.7. The third-order valence-electron chi connectivity index (χ3n) is 5.57. The van der Waals surface area contributed by atoms with Gasteiger partial charge in [0.15, 0.2) is 11.5 Å². The zero-order chi connectivity index (χ0) is 21.1. The number of ether oxygens (including phenoxy) is 3. The lowest BCUT2D eigenvalue weighted by molar-refractivity contribution is -0.117. The molecule has 4 rings (SSSR count). The molecule has 2 amide bonds. The molecule has 1 saturated heterocycles. The van der Waals surface area contributed by atoms with E-state index in [0.717, 1.165) is 29.7 Å². The molecule has 7 nitrogen and oxygen atoms in total. The Bertz CT molecular complexity index is 953. The number of carbonyl (C=O) groups excluding carboxylic acids is 2. The highest BCUT2D eigenvalue weighted by molar-refractivity contribution is 6.00. The summed E-state index contributed by atoms with van der Waals surface area (Å²) in [5.74, 6) is 0.679. The van der Waals surface area contributed by atoms with Crippen LogP contribution in [-0.4, -0.2) is 49.3 Å². The van der Waals surface area contributed by atoms with Gasteiger partial charge < -0.3 is 24.4 Å². The average molecular weight is 410 g/mol. The Labute approximate surface area is 175 Å². The van der Waals surface area contributed by atoms with Crippen molar-refractivity contribution in [2.45, 2.75) is 32.8 Å². The van der Waals surface area contributed by atoms with Gasteiger partial charge in [0.25, 0.3) is 5.91 Å². The minimum atomic E-state index is -0.240. The molecule has 2 aromatic carbocycles. The Kier molecular flexibility index (Phi) is 5.90. The van der Waals surface area contributed by atoms with Crippen LogP contribution in [0.3, 0.4) is 0 Å². The summed E-state index contributed by atoms with van der Waals surface area (Å²) in [4.78, 5) is 27.6. The van der Waals surface area contributed by atoms with Gasteiger partial charge in [-0.05, 0) is 62.1 Å². The van der Waals surface area contributed by atoms with Crippen LogP contribution in [0.4, 0.5) is 5.69 Å². The van der Waals surface area contributed by atoms with Crippen molar-refractivity contribution >= 4 is 17.5 Å².